The van der Waals surface area contributed by atoms with Gasteiger partial charge in [0.25, 0.3) is 5.89 Å². The second-order valence-corrected chi connectivity index (χ2v) is 11.0. The smallest absolute Gasteiger partial charge is 0.266 e. The van der Waals surface area contributed by atoms with Crippen LogP contribution in [-0.4, -0.2) is 74.1 Å². The zero-order valence-electron chi connectivity index (χ0n) is 20.3. The van der Waals surface area contributed by atoms with E-state index in [2.05, 4.69) is 10.3 Å². The summed E-state index contributed by atoms with van der Waals surface area (Å²) < 4.78 is 37.2. The zero-order chi connectivity index (χ0) is 25.5. The van der Waals surface area contributed by atoms with Crippen LogP contribution in [0.15, 0.2) is 59.0 Å². The van der Waals surface area contributed by atoms with Crippen molar-refractivity contribution in [1.82, 2.24) is 15.2 Å². The fourth-order valence-corrected chi connectivity index (χ4v) is 5.98. The minimum Gasteiger partial charge on any atom is -0.434 e. The molecule has 1 amide bonds. The highest BCUT2D eigenvalue weighted by Gasteiger charge is 2.35. The molecule has 2 aromatic carbocycles. The van der Waals surface area contributed by atoms with Gasteiger partial charge in [0.2, 0.25) is 11.7 Å². The first-order valence-electron chi connectivity index (χ1n) is 12.1. The standard InChI is InChI=1S/C26H31N3O6S/c1-2-8-21(24(30)26-28-20-11-6-7-12-23(20)35-26)27-25(31)22(29-13-15-34-16-14-29)18-36(32,33)17-19-9-4-3-5-10-19/h3-7,9-12,21-22H,2,8,13-18H2,1H3,(H,27,31)/t21-,22-/m0/s1. The summed E-state index contributed by atoms with van der Waals surface area (Å²) in [5, 5.41) is 2.81. The molecule has 4 rings (SSSR count). The van der Waals surface area contributed by atoms with E-state index in [9.17, 15) is 18.0 Å². The molecule has 9 nitrogen and oxygen atoms in total. The first-order chi connectivity index (χ1) is 17.4. The number of hydrogen-bond donors (Lipinski definition) is 1. The van der Waals surface area contributed by atoms with Crippen LogP contribution in [0.2, 0.25) is 0 Å². The summed E-state index contributed by atoms with van der Waals surface area (Å²) >= 11 is 0. The fraction of sp³-hybridized carbons (Fsp3) is 0.423. The molecule has 192 valence electrons. The highest BCUT2D eigenvalue weighted by molar-refractivity contribution is 7.90. The monoisotopic (exact) mass is 513 g/mol. The summed E-state index contributed by atoms with van der Waals surface area (Å²) in [7, 11) is -3.63. The summed E-state index contributed by atoms with van der Waals surface area (Å²) in [5.41, 5.74) is 1.70. The summed E-state index contributed by atoms with van der Waals surface area (Å²) in [4.78, 5) is 32.8. The number of ketones is 1. The van der Waals surface area contributed by atoms with E-state index in [4.69, 9.17) is 9.15 Å². The maximum atomic E-state index is 13.5. The maximum Gasteiger partial charge on any atom is 0.266 e. The summed E-state index contributed by atoms with van der Waals surface area (Å²) in [6.07, 6.45) is 1.00. The van der Waals surface area contributed by atoms with Gasteiger partial charge in [-0.3, -0.25) is 14.5 Å². The number of hydrogen-bond acceptors (Lipinski definition) is 8. The van der Waals surface area contributed by atoms with Crippen molar-refractivity contribution in [3.05, 3.63) is 66.1 Å². The lowest BCUT2D eigenvalue weighted by molar-refractivity contribution is -0.127. The quantitative estimate of drug-likeness (QED) is 0.389. The van der Waals surface area contributed by atoms with Crippen LogP contribution in [0.5, 0.6) is 0 Å². The molecular formula is C26H31N3O6S. The summed E-state index contributed by atoms with van der Waals surface area (Å²) in [6.45, 7) is 3.57. The van der Waals surface area contributed by atoms with E-state index >= 15 is 0 Å². The van der Waals surface area contributed by atoms with Crippen molar-refractivity contribution in [2.45, 2.75) is 37.6 Å². The highest BCUT2D eigenvalue weighted by atomic mass is 32.2. The predicted molar refractivity (Wildman–Crippen MR) is 135 cm³/mol. The van der Waals surface area contributed by atoms with Gasteiger partial charge >= 0.3 is 0 Å². The van der Waals surface area contributed by atoms with Crippen molar-refractivity contribution in [3.63, 3.8) is 0 Å². The number of para-hydroxylation sites is 2. The second kappa shape index (κ2) is 11.8. The molecule has 2 atom stereocenters. The number of fused-ring (bicyclic) bond motifs is 1. The van der Waals surface area contributed by atoms with E-state index in [1.54, 1.807) is 48.5 Å². The van der Waals surface area contributed by atoms with Crippen LogP contribution < -0.4 is 5.32 Å². The lowest BCUT2D eigenvalue weighted by atomic mass is 10.1. The third kappa shape index (κ3) is 6.57. The van der Waals surface area contributed by atoms with Gasteiger partial charge in [-0.25, -0.2) is 13.4 Å². The van der Waals surface area contributed by atoms with Crippen molar-refractivity contribution in [2.24, 2.45) is 0 Å². The van der Waals surface area contributed by atoms with Crippen LogP contribution in [0.3, 0.4) is 0 Å². The van der Waals surface area contributed by atoms with E-state index in [0.29, 0.717) is 55.8 Å². The molecule has 1 aromatic heterocycles. The topological polar surface area (TPSA) is 119 Å². The van der Waals surface area contributed by atoms with Gasteiger partial charge in [-0.1, -0.05) is 55.8 Å². The van der Waals surface area contributed by atoms with Gasteiger partial charge in [0.05, 0.1) is 30.8 Å². The number of oxazole rings is 1. The highest BCUT2D eigenvalue weighted by Crippen LogP contribution is 2.18. The molecule has 0 bridgehead atoms. The van der Waals surface area contributed by atoms with Gasteiger partial charge in [0.1, 0.15) is 11.6 Å². The van der Waals surface area contributed by atoms with E-state index in [0.717, 1.165) is 0 Å². The Balaban J connectivity index is 1.53. The number of carbonyl (C=O) groups excluding carboxylic acids is 2. The van der Waals surface area contributed by atoms with E-state index in [1.807, 2.05) is 17.9 Å². The Morgan fingerprint density at radius 2 is 1.75 bits per heavy atom. The molecule has 0 spiro atoms. The van der Waals surface area contributed by atoms with Gasteiger partial charge in [-0.05, 0) is 24.1 Å². The molecule has 1 aliphatic rings. The normalized spacial score (nSPS) is 16.5. The second-order valence-electron chi connectivity index (χ2n) is 8.91. The number of ether oxygens (including phenoxy) is 1. The Bertz CT molecular complexity index is 1250. The predicted octanol–water partition coefficient (Wildman–Crippen LogP) is 2.61. The first-order valence-corrected chi connectivity index (χ1v) is 13.9. The number of nitrogens with one attached hydrogen (secondary N) is 1. The number of aromatic nitrogens is 1. The third-order valence-electron chi connectivity index (χ3n) is 6.15. The lowest BCUT2D eigenvalue weighted by Gasteiger charge is -2.34. The Kier molecular flexibility index (Phi) is 8.50. The van der Waals surface area contributed by atoms with Gasteiger partial charge < -0.3 is 14.5 Å². The zero-order valence-corrected chi connectivity index (χ0v) is 21.1. The maximum absolute atomic E-state index is 13.5. The van der Waals surface area contributed by atoms with Crippen molar-refractivity contribution >= 4 is 32.6 Å². The summed E-state index contributed by atoms with van der Waals surface area (Å²) in [6, 6.07) is 14.1. The fourth-order valence-electron chi connectivity index (χ4n) is 4.32. The van der Waals surface area contributed by atoms with Crippen LogP contribution in [-0.2, 0) is 25.1 Å². The average molecular weight is 514 g/mol. The van der Waals surface area contributed by atoms with Crippen LogP contribution in [0, 0.1) is 0 Å². The molecule has 0 aliphatic carbocycles. The number of carbonyl (C=O) groups is 2. The minimum atomic E-state index is -3.63. The van der Waals surface area contributed by atoms with E-state index in [1.165, 1.54) is 0 Å². The molecule has 0 saturated carbocycles. The van der Waals surface area contributed by atoms with Crippen LogP contribution >= 0.6 is 0 Å². The largest absolute Gasteiger partial charge is 0.434 e. The van der Waals surface area contributed by atoms with E-state index in [-0.39, 0.29) is 17.4 Å². The molecule has 36 heavy (non-hydrogen) atoms. The summed E-state index contributed by atoms with van der Waals surface area (Å²) in [5.74, 6) is -1.54. The molecule has 2 heterocycles. The number of amides is 1. The molecule has 1 N–H and O–H groups in total. The van der Waals surface area contributed by atoms with Crippen LogP contribution in [0.1, 0.15) is 36.0 Å². The molecule has 0 unspecified atom stereocenters. The number of morpholine rings is 1. The first kappa shape index (κ1) is 26.0. The van der Waals surface area contributed by atoms with E-state index < -0.39 is 33.6 Å². The number of nitrogens with zero attached hydrogens (tertiary/aromatic N) is 2. The number of Topliss-reactive ketones (excluding diaryl/α,β-unsaturated/α-hetero) is 1. The van der Waals surface area contributed by atoms with Gasteiger partial charge in [-0.2, -0.15) is 0 Å². The van der Waals surface area contributed by atoms with Gasteiger partial charge in [-0.15, -0.1) is 0 Å². The van der Waals surface area contributed by atoms with Crippen molar-refractivity contribution in [3.8, 4) is 0 Å². The van der Waals surface area contributed by atoms with Crippen LogP contribution in [0.25, 0.3) is 11.1 Å². The SMILES string of the molecule is CCC[C@H](NC(=O)[C@H](CS(=O)(=O)Cc1ccccc1)N1CCOCC1)C(=O)c1nc2ccccc2o1. The van der Waals surface area contributed by atoms with Crippen molar-refractivity contribution in [1.29, 1.82) is 0 Å². The molecule has 1 aliphatic heterocycles. The van der Waals surface area contributed by atoms with Crippen LogP contribution in [0.4, 0.5) is 0 Å². The molecular weight excluding hydrogens is 482 g/mol. The molecule has 0 radical (unpaired) electrons. The van der Waals surface area contributed by atoms with Gasteiger partial charge in [0.15, 0.2) is 15.4 Å². The number of rotatable bonds is 11. The molecule has 1 fully saturated rings. The third-order valence-corrected chi connectivity index (χ3v) is 7.74. The Labute approximate surface area is 210 Å². The minimum absolute atomic E-state index is 0.0745. The Morgan fingerprint density at radius 3 is 2.44 bits per heavy atom. The van der Waals surface area contributed by atoms with Crippen molar-refractivity contribution in [2.75, 3.05) is 32.1 Å². The number of benzene rings is 2. The molecule has 3 aromatic rings. The lowest BCUT2D eigenvalue weighted by Crippen LogP contribution is -2.56. The average Bonchev–Trinajstić information content (AvgIpc) is 3.32. The Morgan fingerprint density at radius 1 is 1.06 bits per heavy atom. The van der Waals surface area contributed by atoms with Crippen molar-refractivity contribution < 1.29 is 27.2 Å². The molecule has 1 saturated heterocycles. The molecule has 10 heteroatoms. The van der Waals surface area contributed by atoms with Gasteiger partial charge in [0, 0.05) is 13.1 Å². The number of sulfone groups is 1. The Hall–Kier alpha value is -3.08.